The summed E-state index contributed by atoms with van der Waals surface area (Å²) in [4.78, 5) is 10.9. The monoisotopic (exact) mass is 686 g/mol. The molecule has 0 aliphatic carbocycles. The van der Waals surface area contributed by atoms with E-state index in [0.29, 0.717) is 5.95 Å². The summed E-state index contributed by atoms with van der Waals surface area (Å²) in [5, 5.41) is 13.1. The molecule has 0 aliphatic heterocycles. The van der Waals surface area contributed by atoms with Crippen LogP contribution in [0.4, 0.5) is 0 Å². The molecule has 4 nitrogen and oxygen atoms in total. The van der Waals surface area contributed by atoms with E-state index < -0.39 is 0 Å². The van der Waals surface area contributed by atoms with E-state index in [1.165, 1.54) is 59.4 Å². The van der Waals surface area contributed by atoms with E-state index in [1.807, 2.05) is 0 Å². The highest BCUT2D eigenvalue weighted by atomic mass is 15.2. The van der Waals surface area contributed by atoms with Crippen molar-refractivity contribution in [3.8, 4) is 22.9 Å². The summed E-state index contributed by atoms with van der Waals surface area (Å²) in [5.74, 6) is 0.652. The van der Waals surface area contributed by atoms with Crippen LogP contribution in [-0.4, -0.2) is 19.1 Å². The Morgan fingerprint density at radius 1 is 0.315 bits per heavy atom. The average molecular weight is 687 g/mol. The first kappa shape index (κ1) is 29.3. The molecule has 0 saturated heterocycles. The molecule has 0 unspecified atom stereocenters. The Bertz CT molecular complexity index is 3500. The van der Waals surface area contributed by atoms with E-state index in [1.54, 1.807) is 0 Å². The van der Waals surface area contributed by atoms with Gasteiger partial charge in [-0.15, -0.1) is 0 Å². The molecule has 0 saturated carbocycles. The Balaban J connectivity index is 1.22. The van der Waals surface area contributed by atoms with Crippen LogP contribution in [0.5, 0.6) is 0 Å². The lowest BCUT2D eigenvalue weighted by Gasteiger charge is -2.15. The Morgan fingerprint density at radius 3 is 1.72 bits per heavy atom. The van der Waals surface area contributed by atoms with Crippen LogP contribution in [0.15, 0.2) is 182 Å². The second-order valence-electron chi connectivity index (χ2n) is 14.2. The Kier molecular flexibility index (Phi) is 6.02. The molecule has 0 amide bonds. The summed E-state index contributed by atoms with van der Waals surface area (Å²) in [6, 6.07) is 65.5. The normalized spacial score (nSPS) is 12.1. The van der Waals surface area contributed by atoms with Crippen molar-refractivity contribution in [2.24, 2.45) is 0 Å². The lowest BCUT2D eigenvalue weighted by molar-refractivity contribution is 1.01. The maximum absolute atomic E-state index is 5.56. The molecular weight excluding hydrogens is 657 g/mol. The first-order valence-electron chi connectivity index (χ1n) is 18.4. The first-order valence-corrected chi connectivity index (χ1v) is 18.4. The molecule has 0 spiro atoms. The smallest absolute Gasteiger partial charge is 0.235 e. The van der Waals surface area contributed by atoms with Crippen molar-refractivity contribution in [2.45, 2.75) is 0 Å². The Morgan fingerprint density at radius 2 is 0.889 bits per heavy atom. The summed E-state index contributed by atoms with van der Waals surface area (Å²) in [6.45, 7) is 0. The summed E-state index contributed by atoms with van der Waals surface area (Å²) in [6.07, 6.45) is 0. The summed E-state index contributed by atoms with van der Waals surface area (Å²) in [5.41, 5.74) is 8.53. The van der Waals surface area contributed by atoms with Crippen molar-refractivity contribution in [2.75, 3.05) is 0 Å². The fraction of sp³-hybridized carbons (Fsp3) is 0. The number of para-hydroxylation sites is 3. The van der Waals surface area contributed by atoms with Gasteiger partial charge >= 0.3 is 0 Å². The van der Waals surface area contributed by atoms with Crippen LogP contribution in [0.25, 0.3) is 110 Å². The van der Waals surface area contributed by atoms with Gasteiger partial charge in [-0.3, -0.25) is 4.57 Å². The van der Waals surface area contributed by atoms with Crippen molar-refractivity contribution in [1.29, 1.82) is 0 Å². The van der Waals surface area contributed by atoms with Crippen molar-refractivity contribution < 1.29 is 0 Å². The van der Waals surface area contributed by atoms with E-state index in [-0.39, 0.29) is 0 Å². The van der Waals surface area contributed by atoms with Gasteiger partial charge in [-0.2, -0.15) is 0 Å². The van der Waals surface area contributed by atoms with Gasteiger partial charge in [0.15, 0.2) is 0 Å². The number of rotatable bonds is 3. The number of fused-ring (bicyclic) bond motifs is 11. The predicted octanol–water partition coefficient (Wildman–Crippen LogP) is 13.0. The highest BCUT2D eigenvalue weighted by Gasteiger charge is 2.22. The molecule has 12 aromatic rings. The Hall–Kier alpha value is -7.30. The molecule has 0 atom stereocenters. The van der Waals surface area contributed by atoms with Gasteiger partial charge in [-0.25, -0.2) is 9.97 Å². The zero-order chi connectivity index (χ0) is 35.3. The lowest BCUT2D eigenvalue weighted by Crippen LogP contribution is -2.04. The van der Waals surface area contributed by atoms with E-state index in [2.05, 4.69) is 191 Å². The summed E-state index contributed by atoms with van der Waals surface area (Å²) >= 11 is 0. The molecule has 12 rings (SSSR count). The standard InChI is InChI=1S/C50H30N4/c1-2-17-34(18-3-1)53-46-28-32-15-5-4-14-31(32)26-40(46)42-29-41-38-22-11-13-25-45(38)54(48(41)30-47(42)53)50-51-44-24-12-10-23-39(44)49(52-50)43-27-33-16-6-7-19-35(33)36-20-8-9-21-37(36)43/h1-30H. The maximum Gasteiger partial charge on any atom is 0.235 e. The van der Waals surface area contributed by atoms with Gasteiger partial charge in [0.05, 0.1) is 33.3 Å². The third-order valence-corrected chi connectivity index (χ3v) is 11.3. The van der Waals surface area contributed by atoms with Crippen LogP contribution in [0.3, 0.4) is 0 Å². The molecule has 3 aromatic heterocycles. The van der Waals surface area contributed by atoms with Crippen LogP contribution in [0.2, 0.25) is 0 Å². The number of hydrogen-bond acceptors (Lipinski definition) is 2. The predicted molar refractivity (Wildman–Crippen MR) is 226 cm³/mol. The van der Waals surface area contributed by atoms with Crippen LogP contribution in [0, 0.1) is 0 Å². The van der Waals surface area contributed by atoms with Gasteiger partial charge in [-0.05, 0) is 86.9 Å². The third kappa shape index (κ3) is 4.13. The van der Waals surface area contributed by atoms with E-state index in [4.69, 9.17) is 9.97 Å². The van der Waals surface area contributed by atoms with Gasteiger partial charge < -0.3 is 4.57 Å². The number of aromatic nitrogens is 4. The minimum Gasteiger partial charge on any atom is -0.309 e. The number of hydrogen-bond donors (Lipinski definition) is 0. The van der Waals surface area contributed by atoms with Crippen LogP contribution >= 0.6 is 0 Å². The molecule has 250 valence electrons. The van der Waals surface area contributed by atoms with E-state index in [9.17, 15) is 0 Å². The molecule has 0 radical (unpaired) electrons. The molecule has 0 bridgehead atoms. The van der Waals surface area contributed by atoms with Gasteiger partial charge in [0.25, 0.3) is 0 Å². The fourth-order valence-electron chi connectivity index (χ4n) is 8.85. The molecule has 3 heterocycles. The quantitative estimate of drug-likeness (QED) is 0.173. The summed E-state index contributed by atoms with van der Waals surface area (Å²) < 4.78 is 4.68. The molecule has 0 aliphatic rings. The molecule has 0 N–H and O–H groups in total. The molecule has 0 fully saturated rings. The number of benzene rings is 9. The Labute approximate surface area is 309 Å². The molecule has 9 aromatic carbocycles. The van der Waals surface area contributed by atoms with E-state index >= 15 is 0 Å². The lowest BCUT2D eigenvalue weighted by atomic mass is 9.94. The minimum absolute atomic E-state index is 0.652. The second kappa shape index (κ2) is 11.1. The van der Waals surface area contributed by atoms with Crippen molar-refractivity contribution in [3.05, 3.63) is 182 Å². The maximum atomic E-state index is 5.56. The van der Waals surface area contributed by atoms with Crippen molar-refractivity contribution in [3.63, 3.8) is 0 Å². The van der Waals surface area contributed by atoms with Gasteiger partial charge in [0.2, 0.25) is 5.95 Å². The highest BCUT2D eigenvalue weighted by molar-refractivity contribution is 6.21. The molecular formula is C50H30N4. The third-order valence-electron chi connectivity index (χ3n) is 11.3. The van der Waals surface area contributed by atoms with Gasteiger partial charge in [0, 0.05) is 38.2 Å². The molecule has 4 heteroatoms. The van der Waals surface area contributed by atoms with Gasteiger partial charge in [-0.1, -0.05) is 127 Å². The topological polar surface area (TPSA) is 35.6 Å². The van der Waals surface area contributed by atoms with E-state index in [0.717, 1.165) is 44.4 Å². The van der Waals surface area contributed by atoms with Crippen molar-refractivity contribution >= 4 is 86.8 Å². The molecule has 54 heavy (non-hydrogen) atoms. The SMILES string of the molecule is c1ccc(-n2c3cc4ccccc4cc3c3cc4c5ccccc5n(-c5nc(-c6cc7ccccc7c7ccccc67)c6ccccc6n5)c4cc32)cc1. The highest BCUT2D eigenvalue weighted by Crippen LogP contribution is 2.42. The summed E-state index contributed by atoms with van der Waals surface area (Å²) in [7, 11) is 0. The largest absolute Gasteiger partial charge is 0.309 e. The second-order valence-corrected chi connectivity index (χ2v) is 14.2. The fourth-order valence-corrected chi connectivity index (χ4v) is 8.85. The zero-order valence-electron chi connectivity index (χ0n) is 29.1. The minimum atomic E-state index is 0.652. The van der Waals surface area contributed by atoms with Crippen LogP contribution in [-0.2, 0) is 0 Å². The van der Waals surface area contributed by atoms with Crippen LogP contribution in [0.1, 0.15) is 0 Å². The van der Waals surface area contributed by atoms with Crippen LogP contribution < -0.4 is 0 Å². The van der Waals surface area contributed by atoms with Gasteiger partial charge in [0.1, 0.15) is 0 Å². The van der Waals surface area contributed by atoms with Crippen molar-refractivity contribution in [1.82, 2.24) is 19.1 Å². The zero-order valence-corrected chi connectivity index (χ0v) is 29.1. The average Bonchev–Trinajstić information content (AvgIpc) is 3.72. The first-order chi connectivity index (χ1) is 26.8. The number of nitrogens with zero attached hydrogens (tertiary/aromatic N) is 4.